The first-order valence-corrected chi connectivity index (χ1v) is 9.16. The van der Waals surface area contributed by atoms with Crippen LogP contribution in [0.2, 0.25) is 0 Å². The SMILES string of the molecule is CNC1CCC(N(C)c2ncnc3ccc(-c4cncnc4)cc23)CC1. The summed E-state index contributed by atoms with van der Waals surface area (Å²) >= 11 is 0. The van der Waals surface area contributed by atoms with Crippen LogP contribution < -0.4 is 10.2 Å². The zero-order chi connectivity index (χ0) is 17.9. The van der Waals surface area contributed by atoms with Gasteiger partial charge in [-0.3, -0.25) is 0 Å². The number of benzene rings is 1. The van der Waals surface area contributed by atoms with Crippen LogP contribution in [-0.2, 0) is 0 Å². The van der Waals surface area contributed by atoms with Gasteiger partial charge in [-0.25, -0.2) is 19.9 Å². The minimum atomic E-state index is 0.515. The standard InChI is InChI=1S/C20H24N6/c1-21-16-4-6-17(7-5-16)26(2)20-18-9-14(15-10-22-12-23-11-15)3-8-19(18)24-13-25-20/h3,8-13,16-17,21H,4-7H2,1-2H3. The Morgan fingerprint density at radius 1 is 0.962 bits per heavy atom. The summed E-state index contributed by atoms with van der Waals surface area (Å²) in [6.07, 6.45) is 11.7. The van der Waals surface area contributed by atoms with Gasteiger partial charge in [0.25, 0.3) is 0 Å². The van der Waals surface area contributed by atoms with E-state index in [1.165, 1.54) is 25.7 Å². The van der Waals surface area contributed by atoms with E-state index in [1.54, 1.807) is 12.7 Å². The maximum Gasteiger partial charge on any atom is 0.139 e. The van der Waals surface area contributed by atoms with Crippen LogP contribution in [0.15, 0.2) is 43.2 Å². The van der Waals surface area contributed by atoms with Gasteiger partial charge < -0.3 is 10.2 Å². The molecule has 1 fully saturated rings. The normalized spacial score (nSPS) is 20.2. The van der Waals surface area contributed by atoms with Crippen molar-refractivity contribution in [2.24, 2.45) is 0 Å². The summed E-state index contributed by atoms with van der Waals surface area (Å²) in [7, 11) is 4.21. The van der Waals surface area contributed by atoms with Crippen LogP contribution in [0.25, 0.3) is 22.0 Å². The summed E-state index contributed by atoms with van der Waals surface area (Å²) in [5.41, 5.74) is 3.05. The molecular weight excluding hydrogens is 324 g/mol. The molecule has 1 aliphatic carbocycles. The molecule has 0 unspecified atom stereocenters. The van der Waals surface area contributed by atoms with E-state index >= 15 is 0 Å². The van der Waals surface area contributed by atoms with E-state index in [4.69, 9.17) is 0 Å². The Hall–Kier alpha value is -2.60. The fourth-order valence-corrected chi connectivity index (χ4v) is 3.88. The minimum Gasteiger partial charge on any atom is -0.356 e. The third-order valence-corrected chi connectivity index (χ3v) is 5.49. The lowest BCUT2D eigenvalue weighted by Crippen LogP contribution is -2.40. The number of nitrogens with one attached hydrogen (secondary N) is 1. The van der Waals surface area contributed by atoms with E-state index in [-0.39, 0.29) is 0 Å². The molecule has 0 radical (unpaired) electrons. The monoisotopic (exact) mass is 348 g/mol. The number of rotatable bonds is 4. The Balaban J connectivity index is 1.68. The van der Waals surface area contributed by atoms with Gasteiger partial charge in [-0.15, -0.1) is 0 Å². The summed E-state index contributed by atoms with van der Waals surface area (Å²) < 4.78 is 0. The molecule has 134 valence electrons. The second kappa shape index (κ2) is 7.33. The third kappa shape index (κ3) is 3.24. The first-order valence-electron chi connectivity index (χ1n) is 9.16. The van der Waals surface area contributed by atoms with Gasteiger partial charge in [-0.2, -0.15) is 0 Å². The van der Waals surface area contributed by atoms with Crippen molar-refractivity contribution >= 4 is 16.7 Å². The molecule has 2 heterocycles. The van der Waals surface area contributed by atoms with Gasteiger partial charge in [0.1, 0.15) is 18.5 Å². The second-order valence-corrected chi connectivity index (χ2v) is 6.96. The highest BCUT2D eigenvalue weighted by Gasteiger charge is 2.25. The Kier molecular flexibility index (Phi) is 4.75. The predicted molar refractivity (Wildman–Crippen MR) is 104 cm³/mol. The molecule has 0 atom stereocenters. The third-order valence-electron chi connectivity index (χ3n) is 5.49. The van der Waals surface area contributed by atoms with E-state index in [1.807, 2.05) is 12.4 Å². The lowest BCUT2D eigenvalue weighted by molar-refractivity contribution is 0.351. The highest BCUT2D eigenvalue weighted by atomic mass is 15.2. The molecule has 1 aliphatic rings. The molecule has 2 aromatic heterocycles. The molecule has 0 saturated heterocycles. The molecule has 1 N–H and O–H groups in total. The zero-order valence-corrected chi connectivity index (χ0v) is 15.3. The first-order chi connectivity index (χ1) is 12.8. The van der Waals surface area contributed by atoms with Crippen molar-refractivity contribution in [2.75, 3.05) is 19.0 Å². The van der Waals surface area contributed by atoms with Crippen LogP contribution in [0.1, 0.15) is 25.7 Å². The van der Waals surface area contributed by atoms with Gasteiger partial charge in [-0.1, -0.05) is 6.07 Å². The van der Waals surface area contributed by atoms with Gasteiger partial charge in [0.2, 0.25) is 0 Å². The fraction of sp³-hybridized carbons (Fsp3) is 0.400. The molecule has 6 heteroatoms. The lowest BCUT2D eigenvalue weighted by Gasteiger charge is -2.35. The summed E-state index contributed by atoms with van der Waals surface area (Å²) in [4.78, 5) is 19.7. The molecular formula is C20H24N6. The minimum absolute atomic E-state index is 0.515. The molecule has 3 aromatic rings. The average Bonchev–Trinajstić information content (AvgIpc) is 2.73. The number of aromatic nitrogens is 4. The maximum absolute atomic E-state index is 4.62. The Morgan fingerprint density at radius 3 is 2.46 bits per heavy atom. The van der Waals surface area contributed by atoms with E-state index in [0.29, 0.717) is 12.1 Å². The summed E-state index contributed by atoms with van der Waals surface area (Å²) in [6, 6.07) is 7.43. The number of anilines is 1. The van der Waals surface area contributed by atoms with Crippen LogP contribution in [-0.4, -0.2) is 46.1 Å². The zero-order valence-electron chi connectivity index (χ0n) is 15.3. The van der Waals surface area contributed by atoms with E-state index < -0.39 is 0 Å². The quantitative estimate of drug-likeness (QED) is 0.782. The summed E-state index contributed by atoms with van der Waals surface area (Å²) in [6.45, 7) is 0. The number of nitrogens with zero attached hydrogens (tertiary/aromatic N) is 5. The molecule has 1 saturated carbocycles. The first kappa shape index (κ1) is 16.8. The van der Waals surface area contributed by atoms with Gasteiger partial charge in [0, 0.05) is 42.5 Å². The van der Waals surface area contributed by atoms with Crippen LogP contribution in [0.3, 0.4) is 0 Å². The van der Waals surface area contributed by atoms with Gasteiger partial charge in [0.15, 0.2) is 0 Å². The van der Waals surface area contributed by atoms with Crippen LogP contribution in [0.4, 0.5) is 5.82 Å². The molecule has 6 nitrogen and oxygen atoms in total. The molecule has 0 bridgehead atoms. The predicted octanol–water partition coefficient (Wildman–Crippen LogP) is 3.05. The van der Waals surface area contributed by atoms with E-state index in [9.17, 15) is 0 Å². The maximum atomic E-state index is 4.62. The second-order valence-electron chi connectivity index (χ2n) is 6.96. The van der Waals surface area contributed by atoms with Crippen LogP contribution in [0, 0.1) is 0 Å². The fourth-order valence-electron chi connectivity index (χ4n) is 3.88. The number of fused-ring (bicyclic) bond motifs is 1. The largest absolute Gasteiger partial charge is 0.356 e. The molecule has 26 heavy (non-hydrogen) atoms. The Bertz CT molecular complexity index is 874. The van der Waals surface area contributed by atoms with Crippen LogP contribution in [0.5, 0.6) is 0 Å². The van der Waals surface area contributed by atoms with Crippen molar-refractivity contribution in [1.82, 2.24) is 25.3 Å². The van der Waals surface area contributed by atoms with Crippen molar-refractivity contribution in [2.45, 2.75) is 37.8 Å². The topological polar surface area (TPSA) is 66.8 Å². The summed E-state index contributed by atoms with van der Waals surface area (Å²) in [5.74, 6) is 1.00. The van der Waals surface area contributed by atoms with E-state index in [2.05, 4.69) is 62.4 Å². The Labute approximate surface area is 153 Å². The van der Waals surface area contributed by atoms with Crippen molar-refractivity contribution in [3.05, 3.63) is 43.2 Å². The van der Waals surface area contributed by atoms with Crippen molar-refractivity contribution in [3.63, 3.8) is 0 Å². The number of hydrogen-bond donors (Lipinski definition) is 1. The van der Waals surface area contributed by atoms with Crippen molar-refractivity contribution in [1.29, 1.82) is 0 Å². The summed E-state index contributed by atoms with van der Waals surface area (Å²) in [5, 5.41) is 4.48. The molecule has 0 amide bonds. The van der Waals surface area contributed by atoms with Crippen LogP contribution >= 0.6 is 0 Å². The molecule has 1 aromatic carbocycles. The van der Waals surface area contributed by atoms with Gasteiger partial charge >= 0.3 is 0 Å². The van der Waals surface area contributed by atoms with Crippen molar-refractivity contribution < 1.29 is 0 Å². The van der Waals surface area contributed by atoms with Crippen molar-refractivity contribution in [3.8, 4) is 11.1 Å². The smallest absolute Gasteiger partial charge is 0.139 e. The lowest BCUT2D eigenvalue weighted by atomic mass is 9.90. The average molecular weight is 348 g/mol. The van der Waals surface area contributed by atoms with Gasteiger partial charge in [-0.05, 0) is 50.4 Å². The molecule has 4 rings (SSSR count). The molecule has 0 spiro atoms. The van der Waals surface area contributed by atoms with Gasteiger partial charge in [0.05, 0.1) is 5.52 Å². The Morgan fingerprint density at radius 2 is 1.73 bits per heavy atom. The molecule has 0 aliphatic heterocycles. The number of hydrogen-bond acceptors (Lipinski definition) is 6. The highest BCUT2D eigenvalue weighted by molar-refractivity contribution is 5.92. The van der Waals surface area contributed by atoms with E-state index in [0.717, 1.165) is 27.8 Å². The highest BCUT2D eigenvalue weighted by Crippen LogP contribution is 2.31.